The summed E-state index contributed by atoms with van der Waals surface area (Å²) in [7, 11) is 3.17. The Bertz CT molecular complexity index is 1360. The van der Waals surface area contributed by atoms with Gasteiger partial charge in [0.25, 0.3) is 5.91 Å². The fourth-order valence-electron chi connectivity index (χ4n) is 3.34. The van der Waals surface area contributed by atoms with E-state index in [0.717, 1.165) is 16.8 Å². The number of benzene rings is 2. The Morgan fingerprint density at radius 1 is 1.08 bits per heavy atom. The van der Waals surface area contributed by atoms with Crippen LogP contribution in [0.4, 0.5) is 0 Å². The van der Waals surface area contributed by atoms with Gasteiger partial charge in [-0.15, -0.1) is 10.2 Å². The van der Waals surface area contributed by atoms with E-state index in [4.69, 9.17) is 13.9 Å². The molecule has 0 saturated carbocycles. The van der Waals surface area contributed by atoms with Crippen LogP contribution in [0.15, 0.2) is 87.2 Å². The Labute approximate surface area is 212 Å². The van der Waals surface area contributed by atoms with Crippen molar-refractivity contribution < 1.29 is 18.7 Å². The molecule has 36 heavy (non-hydrogen) atoms. The fraction of sp³-hybridized carbons (Fsp3) is 0.154. The smallest absolute Gasteiger partial charge is 0.250 e. The van der Waals surface area contributed by atoms with E-state index >= 15 is 0 Å². The lowest BCUT2D eigenvalue weighted by molar-refractivity contribution is -0.118. The van der Waals surface area contributed by atoms with Crippen LogP contribution in [0.3, 0.4) is 0 Å². The first kappa shape index (κ1) is 24.8. The summed E-state index contributed by atoms with van der Waals surface area (Å²) in [5.41, 5.74) is 5.04. The molecule has 0 aliphatic heterocycles. The van der Waals surface area contributed by atoms with Gasteiger partial charge >= 0.3 is 0 Å². The predicted octanol–water partition coefficient (Wildman–Crippen LogP) is 4.84. The number of hydrogen-bond donors (Lipinski definition) is 1. The highest BCUT2D eigenvalue weighted by Gasteiger charge is 2.18. The van der Waals surface area contributed by atoms with Gasteiger partial charge in [0.05, 0.1) is 32.5 Å². The number of hydrogen-bond acceptors (Lipinski definition) is 8. The van der Waals surface area contributed by atoms with Gasteiger partial charge in [0.2, 0.25) is 0 Å². The standard InChI is InChI=1S/C26H25N5O4S/c1-18(14-21-10-7-13-35-21)16-27-28-24(32)17-36-26-30-29-25(31(26)20-8-5-4-6-9-20)19-11-12-22(33-2)23(15-19)34-3/h4-16H,17H2,1-3H3,(H,28,32)/b18-14+,27-16+. The van der Waals surface area contributed by atoms with Crippen LogP contribution in [0, 0.1) is 0 Å². The second-order valence-electron chi connectivity index (χ2n) is 7.53. The molecule has 1 N–H and O–H groups in total. The minimum absolute atomic E-state index is 0.106. The number of furan rings is 1. The van der Waals surface area contributed by atoms with Gasteiger partial charge in [0.15, 0.2) is 22.5 Å². The fourth-order valence-corrected chi connectivity index (χ4v) is 4.08. The average Bonchev–Trinajstić information content (AvgIpc) is 3.57. The van der Waals surface area contributed by atoms with Crippen LogP contribution >= 0.6 is 11.8 Å². The quantitative estimate of drug-likeness (QED) is 0.188. The number of nitrogens with zero attached hydrogens (tertiary/aromatic N) is 4. The first-order valence-electron chi connectivity index (χ1n) is 11.0. The Balaban J connectivity index is 1.51. The molecule has 2 heterocycles. The molecule has 184 valence electrons. The van der Waals surface area contributed by atoms with Crippen LogP contribution in [0.25, 0.3) is 23.2 Å². The van der Waals surface area contributed by atoms with Gasteiger partial charge in [-0.3, -0.25) is 9.36 Å². The lowest BCUT2D eigenvalue weighted by atomic mass is 10.2. The molecular formula is C26H25N5O4S. The molecule has 2 aromatic carbocycles. The van der Waals surface area contributed by atoms with Crippen molar-refractivity contribution in [2.75, 3.05) is 20.0 Å². The van der Waals surface area contributed by atoms with Crippen molar-refractivity contribution in [1.29, 1.82) is 0 Å². The van der Waals surface area contributed by atoms with E-state index < -0.39 is 0 Å². The molecule has 0 spiro atoms. The van der Waals surface area contributed by atoms with Gasteiger partial charge in [0.1, 0.15) is 5.76 Å². The zero-order chi connectivity index (χ0) is 25.3. The lowest BCUT2D eigenvalue weighted by Gasteiger charge is -2.12. The van der Waals surface area contributed by atoms with E-state index in [0.29, 0.717) is 28.2 Å². The van der Waals surface area contributed by atoms with Gasteiger partial charge in [0, 0.05) is 11.3 Å². The zero-order valence-electron chi connectivity index (χ0n) is 20.0. The molecule has 0 radical (unpaired) electrons. The Morgan fingerprint density at radius 2 is 1.89 bits per heavy atom. The van der Waals surface area contributed by atoms with E-state index in [1.54, 1.807) is 32.8 Å². The summed E-state index contributed by atoms with van der Waals surface area (Å²) < 4.78 is 18.0. The van der Waals surface area contributed by atoms with Crippen molar-refractivity contribution in [3.63, 3.8) is 0 Å². The van der Waals surface area contributed by atoms with Crippen LogP contribution in [0.1, 0.15) is 12.7 Å². The van der Waals surface area contributed by atoms with Crippen LogP contribution in [0.5, 0.6) is 11.5 Å². The van der Waals surface area contributed by atoms with Crippen molar-refractivity contribution in [2.24, 2.45) is 5.10 Å². The van der Waals surface area contributed by atoms with E-state index in [1.807, 2.05) is 72.2 Å². The molecule has 4 rings (SSSR count). The topological polar surface area (TPSA) is 104 Å². The van der Waals surface area contributed by atoms with Crippen molar-refractivity contribution in [2.45, 2.75) is 12.1 Å². The highest BCUT2D eigenvalue weighted by atomic mass is 32.2. The summed E-state index contributed by atoms with van der Waals surface area (Å²) in [5.74, 6) is 2.37. The Morgan fingerprint density at radius 3 is 2.61 bits per heavy atom. The summed E-state index contributed by atoms with van der Waals surface area (Å²) in [6, 6.07) is 18.9. The number of amides is 1. The molecule has 9 nitrogen and oxygen atoms in total. The van der Waals surface area contributed by atoms with Gasteiger partial charge in [-0.25, -0.2) is 5.43 Å². The number of hydrazone groups is 1. The molecule has 0 atom stereocenters. The Kier molecular flexibility index (Phi) is 8.20. The summed E-state index contributed by atoms with van der Waals surface area (Å²) in [4.78, 5) is 12.4. The highest BCUT2D eigenvalue weighted by molar-refractivity contribution is 7.99. The summed E-state index contributed by atoms with van der Waals surface area (Å²) in [6.45, 7) is 1.87. The largest absolute Gasteiger partial charge is 0.493 e. The molecular weight excluding hydrogens is 478 g/mol. The number of carbonyl (C=O) groups excluding carboxylic acids is 1. The van der Waals surface area contributed by atoms with E-state index in [-0.39, 0.29) is 11.7 Å². The average molecular weight is 504 g/mol. The zero-order valence-corrected chi connectivity index (χ0v) is 20.9. The first-order valence-corrected chi connectivity index (χ1v) is 12.0. The van der Waals surface area contributed by atoms with Crippen LogP contribution in [-0.2, 0) is 4.79 Å². The van der Waals surface area contributed by atoms with E-state index in [1.165, 1.54) is 11.8 Å². The number of nitrogens with one attached hydrogen (secondary N) is 1. The van der Waals surface area contributed by atoms with Crippen molar-refractivity contribution >= 4 is 30.0 Å². The van der Waals surface area contributed by atoms with Crippen molar-refractivity contribution in [1.82, 2.24) is 20.2 Å². The van der Waals surface area contributed by atoms with Gasteiger partial charge in [-0.2, -0.15) is 5.10 Å². The first-order chi connectivity index (χ1) is 17.6. The SMILES string of the molecule is COc1ccc(-c2nnc(SCC(=O)N/N=C/C(C)=C/c3ccco3)n2-c2ccccc2)cc1OC. The van der Waals surface area contributed by atoms with Crippen molar-refractivity contribution in [3.8, 4) is 28.6 Å². The van der Waals surface area contributed by atoms with Gasteiger partial charge < -0.3 is 13.9 Å². The third-order valence-corrected chi connectivity index (χ3v) is 5.92. The van der Waals surface area contributed by atoms with E-state index in [9.17, 15) is 4.79 Å². The van der Waals surface area contributed by atoms with Gasteiger partial charge in [-0.1, -0.05) is 30.0 Å². The molecule has 0 aliphatic rings. The molecule has 0 bridgehead atoms. The van der Waals surface area contributed by atoms with Crippen LogP contribution in [-0.4, -0.2) is 46.9 Å². The second-order valence-corrected chi connectivity index (χ2v) is 8.48. The number of carbonyl (C=O) groups is 1. The third kappa shape index (κ3) is 6.02. The van der Waals surface area contributed by atoms with Crippen LogP contribution in [0.2, 0.25) is 0 Å². The number of ether oxygens (including phenoxy) is 2. The van der Waals surface area contributed by atoms with Crippen molar-refractivity contribution in [3.05, 3.63) is 78.3 Å². The Hall–Kier alpha value is -4.31. The molecule has 0 fully saturated rings. The maximum absolute atomic E-state index is 12.4. The van der Waals surface area contributed by atoms with E-state index in [2.05, 4.69) is 20.7 Å². The minimum atomic E-state index is -0.266. The number of thioether (sulfide) groups is 1. The summed E-state index contributed by atoms with van der Waals surface area (Å²) in [5, 5.41) is 13.4. The molecule has 4 aromatic rings. The molecule has 1 amide bonds. The monoisotopic (exact) mass is 503 g/mol. The number of aromatic nitrogens is 3. The number of para-hydroxylation sites is 1. The molecule has 10 heteroatoms. The van der Waals surface area contributed by atoms with Gasteiger partial charge in [-0.05, 0) is 61.0 Å². The molecule has 0 unspecified atom stereocenters. The summed E-state index contributed by atoms with van der Waals surface area (Å²) >= 11 is 1.26. The highest BCUT2D eigenvalue weighted by Crippen LogP contribution is 2.34. The van der Waals surface area contributed by atoms with Crippen LogP contribution < -0.4 is 14.9 Å². The third-order valence-electron chi connectivity index (χ3n) is 4.99. The maximum Gasteiger partial charge on any atom is 0.250 e. The number of methoxy groups -OCH3 is 2. The normalized spacial score (nSPS) is 11.6. The predicted molar refractivity (Wildman–Crippen MR) is 140 cm³/mol. The molecule has 0 aliphatic carbocycles. The summed E-state index contributed by atoms with van der Waals surface area (Å²) in [6.07, 6.45) is 4.98. The lowest BCUT2D eigenvalue weighted by Crippen LogP contribution is -2.20. The number of allylic oxidation sites excluding steroid dienone is 1. The maximum atomic E-state index is 12.4. The number of rotatable bonds is 10. The minimum Gasteiger partial charge on any atom is -0.493 e. The second kappa shape index (κ2) is 11.9. The molecule has 2 aromatic heterocycles. The molecule has 0 saturated heterocycles.